The number of hydrogen-bond acceptors (Lipinski definition) is 9. The molecule has 35 heavy (non-hydrogen) atoms. The average Bonchev–Trinajstić information content (AvgIpc) is 3.27. The van der Waals surface area contributed by atoms with E-state index in [2.05, 4.69) is 15.3 Å². The minimum Gasteiger partial charge on any atom is -0.494 e. The van der Waals surface area contributed by atoms with Crippen LogP contribution in [0.25, 0.3) is 10.2 Å². The summed E-state index contributed by atoms with van der Waals surface area (Å²) in [4.78, 5) is 43.2. The number of rotatable bonds is 9. The van der Waals surface area contributed by atoms with Crippen LogP contribution in [0.2, 0.25) is 0 Å². The van der Waals surface area contributed by atoms with Gasteiger partial charge in [-0.25, -0.2) is 14.2 Å². The van der Waals surface area contributed by atoms with Crippen molar-refractivity contribution in [3.63, 3.8) is 0 Å². The molecule has 1 aromatic carbocycles. The predicted octanol–water partition coefficient (Wildman–Crippen LogP) is 1.45. The number of halogens is 1. The van der Waals surface area contributed by atoms with Gasteiger partial charge in [-0.2, -0.15) is 0 Å². The molecule has 1 saturated heterocycles. The molecule has 3 heterocycles. The van der Waals surface area contributed by atoms with E-state index in [4.69, 9.17) is 24.1 Å². The van der Waals surface area contributed by atoms with Gasteiger partial charge in [0.15, 0.2) is 17.7 Å². The second kappa shape index (κ2) is 10.9. The van der Waals surface area contributed by atoms with E-state index >= 15 is 0 Å². The monoisotopic (exact) mass is 507 g/mol. The molecule has 3 N–H and O–H groups in total. The molecule has 13 heteroatoms. The number of fused-ring (bicyclic) bond motifs is 1. The number of H-pyrrole nitrogens is 1. The van der Waals surface area contributed by atoms with Gasteiger partial charge < -0.3 is 34.4 Å². The second-order valence-electron chi connectivity index (χ2n) is 7.64. The van der Waals surface area contributed by atoms with Gasteiger partial charge in [0, 0.05) is 12.1 Å². The van der Waals surface area contributed by atoms with Gasteiger partial charge in [0.25, 0.3) is 11.5 Å². The summed E-state index contributed by atoms with van der Waals surface area (Å²) in [6.07, 6.45) is -1.40. The maximum atomic E-state index is 13.5. The lowest BCUT2D eigenvalue weighted by atomic mass is 10.2. The Morgan fingerprint density at radius 2 is 2.17 bits per heavy atom. The number of aromatic amines is 1. The second-order valence-corrected chi connectivity index (χ2v) is 8.50. The number of carbonyl (C=O) groups excluding carboxylic acids is 1. The van der Waals surface area contributed by atoms with Crippen molar-refractivity contribution in [2.45, 2.75) is 25.4 Å². The SMILES string of the molecule is COc1cc(CNC(=O)c2nc3scc(COC[C@H]4CO[C@H](C(=O)O)CO4)c3c(=O)[nH]2)ccc1F. The van der Waals surface area contributed by atoms with E-state index in [1.165, 1.54) is 36.6 Å². The van der Waals surface area contributed by atoms with E-state index in [9.17, 15) is 18.8 Å². The van der Waals surface area contributed by atoms with E-state index in [1.807, 2.05) is 0 Å². The van der Waals surface area contributed by atoms with E-state index in [-0.39, 0.29) is 44.5 Å². The molecule has 2 atom stereocenters. The van der Waals surface area contributed by atoms with Crippen molar-refractivity contribution in [2.75, 3.05) is 26.9 Å². The Bertz CT molecular complexity index is 1290. The molecule has 0 radical (unpaired) electrons. The molecule has 0 saturated carbocycles. The first-order valence-corrected chi connectivity index (χ1v) is 11.4. The van der Waals surface area contributed by atoms with Crippen molar-refractivity contribution in [1.29, 1.82) is 0 Å². The normalized spacial score (nSPS) is 17.9. The van der Waals surface area contributed by atoms with Crippen LogP contribution in [0, 0.1) is 5.82 Å². The van der Waals surface area contributed by atoms with Gasteiger partial charge in [-0.1, -0.05) is 6.07 Å². The number of aliphatic carboxylic acids is 1. The third-order valence-corrected chi connectivity index (χ3v) is 6.13. The minimum absolute atomic E-state index is 0.0602. The number of nitrogens with one attached hydrogen (secondary N) is 2. The number of aromatic nitrogens is 2. The smallest absolute Gasteiger partial charge is 0.335 e. The van der Waals surface area contributed by atoms with Crippen LogP contribution in [0.3, 0.4) is 0 Å². The van der Waals surface area contributed by atoms with Crippen LogP contribution in [0.1, 0.15) is 21.7 Å². The third kappa shape index (κ3) is 5.82. The van der Waals surface area contributed by atoms with Crippen LogP contribution >= 0.6 is 11.3 Å². The fourth-order valence-corrected chi connectivity index (χ4v) is 4.31. The van der Waals surface area contributed by atoms with Crippen molar-refractivity contribution < 1.29 is 38.0 Å². The van der Waals surface area contributed by atoms with Crippen molar-refractivity contribution in [3.8, 4) is 5.75 Å². The number of methoxy groups -OCH3 is 1. The highest BCUT2D eigenvalue weighted by Crippen LogP contribution is 2.22. The zero-order valence-corrected chi connectivity index (χ0v) is 19.4. The number of thiophene rings is 1. The summed E-state index contributed by atoms with van der Waals surface area (Å²) in [6.45, 7) is 0.371. The molecule has 2 aromatic heterocycles. The van der Waals surface area contributed by atoms with Crippen molar-refractivity contribution in [1.82, 2.24) is 15.3 Å². The Labute approximate surface area is 201 Å². The molecule has 3 aromatic rings. The number of carboxylic acid groups (broad SMARTS) is 1. The van der Waals surface area contributed by atoms with Crippen LogP contribution in [0.5, 0.6) is 5.75 Å². The van der Waals surface area contributed by atoms with Crippen LogP contribution in [0.15, 0.2) is 28.4 Å². The predicted molar refractivity (Wildman–Crippen MR) is 121 cm³/mol. The van der Waals surface area contributed by atoms with Crippen LogP contribution in [-0.2, 0) is 32.2 Å². The molecular weight excluding hydrogens is 485 g/mol. The third-order valence-electron chi connectivity index (χ3n) is 5.21. The highest BCUT2D eigenvalue weighted by atomic mass is 32.1. The van der Waals surface area contributed by atoms with E-state index in [1.54, 1.807) is 5.38 Å². The maximum Gasteiger partial charge on any atom is 0.335 e. The Kier molecular flexibility index (Phi) is 7.70. The quantitative estimate of drug-likeness (QED) is 0.391. The summed E-state index contributed by atoms with van der Waals surface area (Å²) in [5, 5.41) is 13.6. The van der Waals surface area contributed by atoms with Gasteiger partial charge in [-0.05, 0) is 23.1 Å². The van der Waals surface area contributed by atoms with Crippen molar-refractivity contribution in [2.24, 2.45) is 0 Å². The number of carbonyl (C=O) groups is 2. The molecule has 0 spiro atoms. The lowest BCUT2D eigenvalue weighted by Gasteiger charge is -2.27. The summed E-state index contributed by atoms with van der Waals surface area (Å²) >= 11 is 1.20. The first-order chi connectivity index (χ1) is 16.9. The topological polar surface area (TPSA) is 149 Å². The van der Waals surface area contributed by atoms with Gasteiger partial charge in [0.05, 0.1) is 38.9 Å². The molecule has 1 fully saturated rings. The number of nitrogens with zero attached hydrogens (tertiary/aromatic N) is 1. The largest absolute Gasteiger partial charge is 0.494 e. The molecule has 4 rings (SSSR count). The molecular formula is C22H22FN3O8S. The Morgan fingerprint density at radius 3 is 2.89 bits per heavy atom. The van der Waals surface area contributed by atoms with Gasteiger partial charge in [-0.15, -0.1) is 11.3 Å². The van der Waals surface area contributed by atoms with Crippen LogP contribution in [-0.4, -0.2) is 66.1 Å². The Hall–Kier alpha value is -3.39. The van der Waals surface area contributed by atoms with E-state index in [0.717, 1.165) is 0 Å². The molecule has 0 bridgehead atoms. The number of ether oxygens (including phenoxy) is 4. The summed E-state index contributed by atoms with van der Waals surface area (Å²) < 4.78 is 34.7. The van der Waals surface area contributed by atoms with E-state index < -0.39 is 35.5 Å². The summed E-state index contributed by atoms with van der Waals surface area (Å²) in [7, 11) is 1.35. The maximum absolute atomic E-state index is 13.5. The highest BCUT2D eigenvalue weighted by Gasteiger charge is 2.27. The van der Waals surface area contributed by atoms with Crippen LogP contribution < -0.4 is 15.6 Å². The first-order valence-electron chi connectivity index (χ1n) is 10.5. The molecule has 1 aliphatic rings. The molecule has 0 aliphatic carbocycles. The lowest BCUT2D eigenvalue weighted by molar-refractivity contribution is -0.181. The van der Waals surface area contributed by atoms with E-state index in [0.29, 0.717) is 21.3 Å². The zero-order valence-electron chi connectivity index (χ0n) is 18.5. The van der Waals surface area contributed by atoms with Gasteiger partial charge >= 0.3 is 5.97 Å². The molecule has 0 unspecified atom stereocenters. The number of amides is 1. The zero-order chi connectivity index (χ0) is 24.9. The number of hydrogen-bond donors (Lipinski definition) is 3. The van der Waals surface area contributed by atoms with Gasteiger partial charge in [0.2, 0.25) is 5.82 Å². The first kappa shape index (κ1) is 24.7. The standard InChI is InChI=1S/C22H22FN3O8S/c1-31-15-4-11(2-3-14(15)23)5-24-20(28)18-25-19(27)17-12(10-35-21(17)26-18)6-32-7-13-8-34-16(9-33-13)22(29)30/h2-4,10,13,16H,5-9H2,1H3,(H,24,28)(H,29,30)(H,25,26,27)/t13-,16-/m0/s1. The number of benzene rings is 1. The molecule has 1 amide bonds. The minimum atomic E-state index is -1.08. The summed E-state index contributed by atoms with van der Waals surface area (Å²) in [6, 6.07) is 4.22. The summed E-state index contributed by atoms with van der Waals surface area (Å²) in [5.41, 5.74) is 0.732. The Balaban J connectivity index is 1.35. The van der Waals surface area contributed by atoms with Crippen LogP contribution in [0.4, 0.5) is 4.39 Å². The molecule has 186 valence electrons. The highest BCUT2D eigenvalue weighted by molar-refractivity contribution is 7.16. The Morgan fingerprint density at radius 1 is 1.34 bits per heavy atom. The van der Waals surface area contributed by atoms with Crippen molar-refractivity contribution >= 4 is 33.4 Å². The number of carboxylic acids is 1. The fraction of sp³-hybridized carbons (Fsp3) is 0.364. The fourth-order valence-electron chi connectivity index (χ4n) is 3.38. The summed E-state index contributed by atoms with van der Waals surface area (Å²) in [5.74, 6) is -2.27. The molecule has 1 aliphatic heterocycles. The average molecular weight is 507 g/mol. The molecule has 11 nitrogen and oxygen atoms in total. The van der Waals surface area contributed by atoms with Gasteiger partial charge in [0.1, 0.15) is 10.9 Å². The van der Waals surface area contributed by atoms with Gasteiger partial charge in [-0.3, -0.25) is 9.59 Å². The van der Waals surface area contributed by atoms with Crippen molar-refractivity contribution in [3.05, 3.63) is 56.7 Å². The lowest BCUT2D eigenvalue weighted by Crippen LogP contribution is -2.42.